The van der Waals surface area contributed by atoms with Crippen LogP contribution in [0.25, 0.3) is 11.1 Å². The minimum Gasteiger partial charge on any atom is -0.457 e. The van der Waals surface area contributed by atoms with Crippen LogP contribution in [0.5, 0.6) is 0 Å². The molecule has 3 unspecified atom stereocenters. The zero-order valence-electron chi connectivity index (χ0n) is 22.4. The summed E-state index contributed by atoms with van der Waals surface area (Å²) >= 11 is 0. The van der Waals surface area contributed by atoms with Gasteiger partial charge in [0.1, 0.15) is 17.4 Å². The summed E-state index contributed by atoms with van der Waals surface area (Å²) in [5.41, 5.74) is 6.03. The second-order valence-corrected chi connectivity index (χ2v) is 11.6. The Kier molecular flexibility index (Phi) is 7.82. The van der Waals surface area contributed by atoms with Gasteiger partial charge in [-0.1, -0.05) is 40.2 Å². The first-order valence-electron chi connectivity index (χ1n) is 13.2. The van der Waals surface area contributed by atoms with E-state index >= 15 is 0 Å². The number of aromatic nitrogens is 1. The number of carbonyl (C=O) groups excluding carboxylic acids is 2. The van der Waals surface area contributed by atoms with Crippen LogP contribution in [0.15, 0.2) is 22.6 Å². The fraction of sp³-hybridized carbons (Fsp3) is 0.679. The minimum atomic E-state index is -1.27. The van der Waals surface area contributed by atoms with E-state index in [-0.39, 0.29) is 36.4 Å². The number of aliphatic hydroxyl groups is 2. The molecule has 4 rings (SSSR count). The monoisotopic (exact) mass is 516 g/mol. The van der Waals surface area contributed by atoms with Crippen molar-refractivity contribution in [2.75, 3.05) is 0 Å². The van der Waals surface area contributed by atoms with Crippen LogP contribution in [0.3, 0.4) is 0 Å². The molecule has 0 aliphatic carbocycles. The van der Waals surface area contributed by atoms with Crippen LogP contribution in [0.2, 0.25) is 0 Å². The summed E-state index contributed by atoms with van der Waals surface area (Å²) in [6.07, 6.45) is -0.356. The van der Waals surface area contributed by atoms with Crippen LogP contribution < -0.4 is 5.73 Å². The fourth-order valence-corrected chi connectivity index (χ4v) is 5.50. The molecule has 0 radical (unpaired) electrons. The van der Waals surface area contributed by atoms with Crippen LogP contribution in [0.1, 0.15) is 84.3 Å². The van der Waals surface area contributed by atoms with Gasteiger partial charge in [0.25, 0.3) is 0 Å². The summed E-state index contributed by atoms with van der Waals surface area (Å²) < 4.78 is 17.6. The molecule has 1 aromatic carbocycles. The predicted octanol–water partition coefficient (Wildman–Crippen LogP) is 3.58. The number of nitrogens with zero attached hydrogens (tertiary/aromatic N) is 1. The molecule has 0 bridgehead atoms. The molecule has 2 aliphatic heterocycles. The van der Waals surface area contributed by atoms with Gasteiger partial charge in [-0.2, -0.15) is 0 Å². The number of benzene rings is 1. The topological polar surface area (TPSA) is 148 Å². The second-order valence-electron chi connectivity index (χ2n) is 11.6. The second kappa shape index (κ2) is 10.4. The van der Waals surface area contributed by atoms with Crippen LogP contribution in [0, 0.1) is 17.3 Å². The third-order valence-corrected chi connectivity index (χ3v) is 8.41. The molecule has 0 amide bonds. The third kappa shape index (κ3) is 5.74. The van der Waals surface area contributed by atoms with E-state index in [4.69, 9.17) is 19.6 Å². The van der Waals surface area contributed by atoms with E-state index in [9.17, 15) is 19.8 Å². The molecule has 2 aliphatic rings. The lowest BCUT2D eigenvalue weighted by Crippen LogP contribution is -2.45. The number of aliphatic hydroxyl groups excluding tert-OH is 2. The molecule has 9 nitrogen and oxygen atoms in total. The lowest BCUT2D eigenvalue weighted by Gasteiger charge is -2.34. The quantitative estimate of drug-likeness (QED) is 0.402. The molecule has 7 atom stereocenters. The van der Waals surface area contributed by atoms with Crippen LogP contribution in [-0.4, -0.2) is 50.9 Å². The first kappa shape index (κ1) is 27.7. The molecule has 2 aromatic rings. The lowest BCUT2D eigenvalue weighted by atomic mass is 9.73. The van der Waals surface area contributed by atoms with Crippen molar-refractivity contribution in [3.63, 3.8) is 0 Å². The number of epoxide rings is 1. The lowest BCUT2D eigenvalue weighted by molar-refractivity contribution is -0.156. The highest BCUT2D eigenvalue weighted by Gasteiger charge is 2.53. The van der Waals surface area contributed by atoms with Gasteiger partial charge < -0.3 is 29.8 Å². The summed E-state index contributed by atoms with van der Waals surface area (Å²) in [5.74, 6) is -1.24. The van der Waals surface area contributed by atoms with E-state index < -0.39 is 35.6 Å². The summed E-state index contributed by atoms with van der Waals surface area (Å²) in [5, 5.41) is 21.8. The molecular weight excluding hydrogens is 476 g/mol. The number of Topliss-reactive ketones (excluding diaryl/α,β-unsaturated/α-hetero) is 1. The van der Waals surface area contributed by atoms with Crippen LogP contribution in [-0.2, 0) is 25.6 Å². The fourth-order valence-electron chi connectivity index (χ4n) is 5.50. The number of ether oxygens (including phenoxy) is 2. The van der Waals surface area contributed by atoms with Crippen LogP contribution >= 0.6 is 0 Å². The molecule has 2 fully saturated rings. The first-order valence-corrected chi connectivity index (χ1v) is 13.2. The standard InChI is InChI=1S/C28H40N2O7/c1-15-7-6-10-28(5)22(37-28)12-20(17-8-9-19-18(11-17)30-23(14-29)35-19)36-24(32)13-21(31)27(3,4)26(34)16(2)25(15)33/h8-9,11,15-16,20-22,25,31,33H,6-7,10,12-14,29H2,1-5H3/t15?,16?,20-,21?,22-,25-,28+/m0/s1. The number of esters is 1. The molecule has 3 heterocycles. The summed E-state index contributed by atoms with van der Waals surface area (Å²) in [4.78, 5) is 30.7. The Morgan fingerprint density at radius 3 is 2.59 bits per heavy atom. The van der Waals surface area contributed by atoms with Crippen molar-refractivity contribution in [3.8, 4) is 0 Å². The first-order chi connectivity index (χ1) is 17.4. The van der Waals surface area contributed by atoms with Crippen molar-refractivity contribution in [2.24, 2.45) is 23.0 Å². The molecule has 0 saturated carbocycles. The minimum absolute atomic E-state index is 0.0917. The van der Waals surface area contributed by atoms with E-state index in [1.807, 2.05) is 26.0 Å². The Hall–Kier alpha value is -2.33. The predicted molar refractivity (Wildman–Crippen MR) is 136 cm³/mol. The zero-order valence-corrected chi connectivity index (χ0v) is 22.4. The number of hydrogen-bond acceptors (Lipinski definition) is 9. The average molecular weight is 517 g/mol. The van der Waals surface area contributed by atoms with Gasteiger partial charge in [0, 0.05) is 12.3 Å². The number of cyclic esters (lactones) is 1. The Bertz CT molecular complexity index is 1140. The van der Waals surface area contributed by atoms with Crippen LogP contribution in [0.4, 0.5) is 0 Å². The maximum Gasteiger partial charge on any atom is 0.309 e. The van der Waals surface area contributed by atoms with Crippen molar-refractivity contribution in [3.05, 3.63) is 29.7 Å². The molecule has 4 N–H and O–H groups in total. The highest BCUT2D eigenvalue weighted by Crippen LogP contribution is 2.46. The van der Waals surface area contributed by atoms with Gasteiger partial charge in [0.15, 0.2) is 5.58 Å². The van der Waals surface area contributed by atoms with Gasteiger partial charge in [-0.15, -0.1) is 0 Å². The highest BCUT2D eigenvalue weighted by atomic mass is 16.6. The average Bonchev–Trinajstić information content (AvgIpc) is 3.29. The summed E-state index contributed by atoms with van der Waals surface area (Å²) in [6, 6.07) is 5.43. The van der Waals surface area contributed by atoms with E-state index in [1.165, 1.54) is 0 Å². The van der Waals surface area contributed by atoms with E-state index in [0.717, 1.165) is 24.8 Å². The number of oxazole rings is 1. The van der Waals surface area contributed by atoms with Crippen molar-refractivity contribution >= 4 is 22.9 Å². The van der Waals surface area contributed by atoms with Gasteiger partial charge in [-0.25, -0.2) is 4.98 Å². The van der Waals surface area contributed by atoms with Crippen molar-refractivity contribution in [1.29, 1.82) is 0 Å². The SMILES string of the molecule is CC1CCC[C@@]2(C)O[C@H]2C[C@@H](c2ccc3oc(CN)nc3c2)OC(=O)CC(O)C(C)(C)C(=O)C(C)[C@H]1O. The Morgan fingerprint density at radius 1 is 1.16 bits per heavy atom. The number of rotatable bonds is 2. The third-order valence-electron chi connectivity index (χ3n) is 8.41. The molecule has 2 saturated heterocycles. The number of fused-ring (bicyclic) bond motifs is 2. The molecular formula is C28H40N2O7. The largest absolute Gasteiger partial charge is 0.457 e. The van der Waals surface area contributed by atoms with Gasteiger partial charge in [-0.05, 0) is 43.4 Å². The highest BCUT2D eigenvalue weighted by molar-refractivity contribution is 5.88. The van der Waals surface area contributed by atoms with E-state index in [1.54, 1.807) is 26.8 Å². The summed E-state index contributed by atoms with van der Waals surface area (Å²) in [7, 11) is 0. The molecule has 9 heteroatoms. The number of nitrogens with two attached hydrogens (primary N) is 1. The Labute approximate surface area is 217 Å². The molecule has 37 heavy (non-hydrogen) atoms. The zero-order chi connectivity index (χ0) is 27.1. The Morgan fingerprint density at radius 2 is 1.89 bits per heavy atom. The van der Waals surface area contributed by atoms with Gasteiger partial charge in [0.05, 0.1) is 42.3 Å². The van der Waals surface area contributed by atoms with Crippen molar-refractivity contribution in [1.82, 2.24) is 4.98 Å². The number of hydrogen-bond donors (Lipinski definition) is 3. The normalized spacial score (nSPS) is 35.7. The Balaban J connectivity index is 1.62. The van der Waals surface area contributed by atoms with Gasteiger partial charge >= 0.3 is 5.97 Å². The van der Waals surface area contributed by atoms with E-state index in [0.29, 0.717) is 23.4 Å². The van der Waals surface area contributed by atoms with E-state index in [2.05, 4.69) is 4.98 Å². The molecule has 204 valence electrons. The molecule has 0 spiro atoms. The molecule has 1 aromatic heterocycles. The maximum atomic E-state index is 13.3. The van der Waals surface area contributed by atoms with Gasteiger partial charge in [-0.3, -0.25) is 9.59 Å². The van der Waals surface area contributed by atoms with Gasteiger partial charge in [0.2, 0.25) is 5.89 Å². The maximum absolute atomic E-state index is 13.3. The smallest absolute Gasteiger partial charge is 0.309 e. The van der Waals surface area contributed by atoms with Crippen molar-refractivity contribution in [2.45, 2.75) is 103 Å². The summed E-state index contributed by atoms with van der Waals surface area (Å²) in [6.45, 7) is 9.08. The number of carbonyl (C=O) groups is 2. The number of ketones is 1. The van der Waals surface area contributed by atoms with Crippen molar-refractivity contribution < 1.29 is 33.7 Å².